The van der Waals surface area contributed by atoms with Crippen molar-refractivity contribution in [3.8, 4) is 0 Å². The molecule has 0 aromatic heterocycles. The van der Waals surface area contributed by atoms with Crippen LogP contribution in [0.15, 0.2) is 24.3 Å². The summed E-state index contributed by atoms with van der Waals surface area (Å²) in [4.78, 5) is 2.22. The summed E-state index contributed by atoms with van der Waals surface area (Å²) < 4.78 is 0. The van der Waals surface area contributed by atoms with Crippen LogP contribution in [0, 0.1) is 0 Å². The molecule has 14 heavy (non-hydrogen) atoms. The highest BCUT2D eigenvalue weighted by Gasteiger charge is 1.99. The maximum atomic E-state index is 8.89. The van der Waals surface area contributed by atoms with Crippen molar-refractivity contribution in [1.29, 1.82) is 0 Å². The van der Waals surface area contributed by atoms with Gasteiger partial charge in [0, 0.05) is 25.0 Å². The zero-order valence-corrected chi connectivity index (χ0v) is 9.55. The van der Waals surface area contributed by atoms with Gasteiger partial charge in [-0.1, -0.05) is 12.1 Å². The Morgan fingerprint density at radius 3 is 2.43 bits per heavy atom. The molecule has 0 aliphatic carbocycles. The van der Waals surface area contributed by atoms with Gasteiger partial charge in [0.2, 0.25) is 0 Å². The molecule has 0 unspecified atom stereocenters. The number of aliphatic hydroxyl groups excluding tert-OH is 1. The monoisotopic (exact) mass is 211 g/mol. The van der Waals surface area contributed by atoms with Crippen LogP contribution in [0.5, 0.6) is 0 Å². The summed E-state index contributed by atoms with van der Waals surface area (Å²) in [6.07, 6.45) is 2.11. The van der Waals surface area contributed by atoms with Crippen molar-refractivity contribution >= 4 is 17.4 Å². The number of hydrogen-bond acceptors (Lipinski definition) is 3. The Labute approximate surface area is 89.9 Å². The van der Waals surface area contributed by atoms with E-state index in [4.69, 9.17) is 5.11 Å². The van der Waals surface area contributed by atoms with Crippen LogP contribution in [0.1, 0.15) is 5.56 Å². The van der Waals surface area contributed by atoms with E-state index >= 15 is 0 Å². The van der Waals surface area contributed by atoms with Gasteiger partial charge in [0.05, 0.1) is 6.61 Å². The average molecular weight is 211 g/mol. The number of thioether (sulfide) groups is 1. The van der Waals surface area contributed by atoms with Gasteiger partial charge in [-0.3, -0.25) is 0 Å². The van der Waals surface area contributed by atoms with E-state index in [1.54, 1.807) is 0 Å². The van der Waals surface area contributed by atoms with E-state index < -0.39 is 0 Å². The predicted octanol–water partition coefficient (Wildman–Crippen LogP) is 1.98. The first-order valence-electron chi connectivity index (χ1n) is 4.68. The Balaban J connectivity index is 2.57. The van der Waals surface area contributed by atoms with Crippen LogP contribution in [-0.2, 0) is 6.61 Å². The van der Waals surface area contributed by atoms with Gasteiger partial charge < -0.3 is 10.0 Å². The molecule has 2 nitrogen and oxygen atoms in total. The van der Waals surface area contributed by atoms with Gasteiger partial charge in [-0.05, 0) is 24.0 Å². The summed E-state index contributed by atoms with van der Waals surface area (Å²) in [6, 6.07) is 8.02. The van der Waals surface area contributed by atoms with Crippen molar-refractivity contribution in [3.63, 3.8) is 0 Å². The molecule has 0 spiro atoms. The zero-order valence-electron chi connectivity index (χ0n) is 8.73. The summed E-state index contributed by atoms with van der Waals surface area (Å²) in [5, 5.41) is 8.89. The lowest BCUT2D eigenvalue weighted by Crippen LogP contribution is -2.19. The second-order valence-corrected chi connectivity index (χ2v) is 4.22. The smallest absolute Gasteiger partial charge is 0.0681 e. The fourth-order valence-electron chi connectivity index (χ4n) is 1.21. The van der Waals surface area contributed by atoms with Gasteiger partial charge in [-0.25, -0.2) is 0 Å². The van der Waals surface area contributed by atoms with Crippen molar-refractivity contribution in [1.82, 2.24) is 0 Å². The van der Waals surface area contributed by atoms with Crippen LogP contribution in [0.3, 0.4) is 0 Å². The van der Waals surface area contributed by atoms with E-state index in [-0.39, 0.29) is 6.61 Å². The maximum Gasteiger partial charge on any atom is 0.0681 e. The van der Waals surface area contributed by atoms with Crippen molar-refractivity contribution in [2.75, 3.05) is 30.5 Å². The molecule has 0 fully saturated rings. The zero-order chi connectivity index (χ0) is 10.4. The van der Waals surface area contributed by atoms with E-state index in [1.807, 2.05) is 36.0 Å². The predicted molar refractivity (Wildman–Crippen MR) is 64.0 cm³/mol. The molecule has 1 rings (SSSR count). The van der Waals surface area contributed by atoms with Crippen LogP contribution in [0.4, 0.5) is 5.69 Å². The quantitative estimate of drug-likeness (QED) is 0.805. The molecule has 0 amide bonds. The van der Waals surface area contributed by atoms with Crippen LogP contribution in [-0.4, -0.2) is 30.7 Å². The molecule has 0 heterocycles. The van der Waals surface area contributed by atoms with Crippen LogP contribution in [0.2, 0.25) is 0 Å². The van der Waals surface area contributed by atoms with Gasteiger partial charge in [0.15, 0.2) is 0 Å². The third-order valence-corrected chi connectivity index (χ3v) is 2.78. The highest BCUT2D eigenvalue weighted by molar-refractivity contribution is 7.98. The standard InChI is InChI=1S/C11H17NOS/c1-12(7-8-14-2)11-5-3-10(9-13)4-6-11/h3-6,13H,7-9H2,1-2H3. The largest absolute Gasteiger partial charge is 0.392 e. The van der Waals surface area contributed by atoms with Gasteiger partial charge in [0.25, 0.3) is 0 Å². The second-order valence-electron chi connectivity index (χ2n) is 3.24. The molecule has 3 heteroatoms. The Bertz CT molecular complexity index is 260. The van der Waals surface area contributed by atoms with E-state index in [1.165, 1.54) is 5.69 Å². The first kappa shape index (κ1) is 11.4. The molecule has 1 aromatic rings. The van der Waals surface area contributed by atoms with Crippen LogP contribution >= 0.6 is 11.8 Å². The number of anilines is 1. The minimum absolute atomic E-state index is 0.120. The van der Waals surface area contributed by atoms with Gasteiger partial charge in [-0.2, -0.15) is 11.8 Å². The molecule has 0 aliphatic rings. The average Bonchev–Trinajstić information content (AvgIpc) is 2.26. The molecular formula is C11H17NOS. The van der Waals surface area contributed by atoms with E-state index in [2.05, 4.69) is 18.2 Å². The molecule has 0 aliphatic heterocycles. The number of benzene rings is 1. The Hall–Kier alpha value is -0.670. The molecule has 1 N–H and O–H groups in total. The molecule has 0 bridgehead atoms. The molecule has 0 saturated heterocycles. The van der Waals surface area contributed by atoms with Crippen LogP contribution in [0.25, 0.3) is 0 Å². The number of aliphatic hydroxyl groups is 1. The van der Waals surface area contributed by atoms with Gasteiger partial charge in [0.1, 0.15) is 0 Å². The fraction of sp³-hybridized carbons (Fsp3) is 0.455. The lowest BCUT2D eigenvalue weighted by Gasteiger charge is -2.18. The molecule has 0 radical (unpaired) electrons. The molecule has 78 valence electrons. The lowest BCUT2D eigenvalue weighted by molar-refractivity contribution is 0.282. The first-order valence-corrected chi connectivity index (χ1v) is 6.07. The van der Waals surface area contributed by atoms with Crippen molar-refractivity contribution in [2.24, 2.45) is 0 Å². The summed E-state index contributed by atoms with van der Waals surface area (Å²) in [5.74, 6) is 1.14. The Morgan fingerprint density at radius 2 is 1.93 bits per heavy atom. The van der Waals surface area contributed by atoms with E-state index in [0.29, 0.717) is 0 Å². The van der Waals surface area contributed by atoms with Crippen molar-refractivity contribution < 1.29 is 5.11 Å². The van der Waals surface area contributed by atoms with Crippen molar-refractivity contribution in [3.05, 3.63) is 29.8 Å². The highest BCUT2D eigenvalue weighted by Crippen LogP contribution is 2.13. The third kappa shape index (κ3) is 3.24. The Kier molecular flexibility index (Phi) is 4.84. The number of nitrogens with zero attached hydrogens (tertiary/aromatic N) is 1. The van der Waals surface area contributed by atoms with Gasteiger partial charge >= 0.3 is 0 Å². The van der Waals surface area contributed by atoms with E-state index in [0.717, 1.165) is 17.9 Å². The molecular weight excluding hydrogens is 194 g/mol. The summed E-state index contributed by atoms with van der Waals surface area (Å²) >= 11 is 1.85. The van der Waals surface area contributed by atoms with Gasteiger partial charge in [-0.15, -0.1) is 0 Å². The number of hydrogen-bond donors (Lipinski definition) is 1. The minimum atomic E-state index is 0.120. The van der Waals surface area contributed by atoms with Crippen molar-refractivity contribution in [2.45, 2.75) is 6.61 Å². The lowest BCUT2D eigenvalue weighted by atomic mass is 10.2. The normalized spacial score (nSPS) is 10.2. The molecule has 0 saturated carbocycles. The summed E-state index contributed by atoms with van der Waals surface area (Å²) in [7, 11) is 2.09. The summed E-state index contributed by atoms with van der Waals surface area (Å²) in [5.41, 5.74) is 2.17. The van der Waals surface area contributed by atoms with E-state index in [9.17, 15) is 0 Å². The highest BCUT2D eigenvalue weighted by atomic mass is 32.2. The molecule has 1 aromatic carbocycles. The summed E-state index contributed by atoms with van der Waals surface area (Å²) in [6.45, 7) is 1.18. The van der Waals surface area contributed by atoms with Crippen LogP contribution < -0.4 is 4.90 Å². The Morgan fingerprint density at radius 1 is 1.29 bits per heavy atom. The minimum Gasteiger partial charge on any atom is -0.392 e. The number of rotatable bonds is 5. The second kappa shape index (κ2) is 5.94. The molecule has 0 atom stereocenters. The fourth-order valence-corrected chi connectivity index (χ4v) is 1.67. The first-order chi connectivity index (χ1) is 6.77. The SMILES string of the molecule is CSCCN(C)c1ccc(CO)cc1. The third-order valence-electron chi connectivity index (χ3n) is 2.19. The topological polar surface area (TPSA) is 23.5 Å². The maximum absolute atomic E-state index is 8.89.